The number of hydrogen-bond acceptors (Lipinski definition) is 3. The maximum atomic E-state index is 11.2. The normalized spacial score (nSPS) is 10.6. The molecule has 1 aromatic heterocycles. The summed E-state index contributed by atoms with van der Waals surface area (Å²) in [6, 6.07) is 2.75. The minimum absolute atomic E-state index is 0.0645. The number of halogens is 2. The van der Waals surface area contributed by atoms with E-state index in [0.29, 0.717) is 0 Å². The quantitative estimate of drug-likeness (QED) is 0.917. The zero-order valence-corrected chi connectivity index (χ0v) is 12.1. The topological polar surface area (TPSA) is 64.3 Å². The van der Waals surface area contributed by atoms with Gasteiger partial charge >= 0.3 is 5.97 Å². The molecule has 5 nitrogen and oxygen atoms in total. The number of aromatic nitrogens is 2. The van der Waals surface area contributed by atoms with E-state index in [1.54, 1.807) is 10.9 Å². The lowest BCUT2D eigenvalue weighted by Gasteiger charge is -2.10. The Morgan fingerprint density at radius 2 is 2.20 bits per heavy atom. The number of carboxylic acid groups (broad SMARTS) is 1. The van der Waals surface area contributed by atoms with Crippen molar-refractivity contribution >= 4 is 29.2 Å². The summed E-state index contributed by atoms with van der Waals surface area (Å²) in [5.41, 5.74) is 0.764. The molecule has 0 atom stereocenters. The monoisotopic (exact) mass is 314 g/mol. The number of ether oxygens (including phenoxy) is 1. The number of nitrogens with zero attached hydrogens (tertiary/aromatic N) is 2. The molecule has 0 amide bonds. The molecule has 7 heteroatoms. The van der Waals surface area contributed by atoms with Crippen LogP contribution < -0.4 is 4.74 Å². The fourth-order valence-electron chi connectivity index (χ4n) is 1.68. The predicted octanol–water partition coefficient (Wildman–Crippen LogP) is 3.49. The lowest BCUT2D eigenvalue weighted by molar-refractivity contribution is 0.0691. The largest absolute Gasteiger partial charge is 0.486 e. The van der Waals surface area contributed by atoms with Crippen LogP contribution in [0.4, 0.5) is 0 Å². The van der Waals surface area contributed by atoms with E-state index in [9.17, 15) is 4.79 Å². The van der Waals surface area contributed by atoms with Gasteiger partial charge in [0.05, 0.1) is 11.2 Å². The molecular weight excluding hydrogens is 303 g/mol. The second-order valence-corrected chi connectivity index (χ2v) is 4.91. The van der Waals surface area contributed by atoms with Crippen LogP contribution in [-0.2, 0) is 13.2 Å². The Kier molecular flexibility index (Phi) is 4.52. The van der Waals surface area contributed by atoms with E-state index < -0.39 is 5.97 Å². The second-order valence-electron chi connectivity index (χ2n) is 4.06. The molecule has 1 heterocycles. The van der Waals surface area contributed by atoms with Gasteiger partial charge in [0.2, 0.25) is 0 Å². The van der Waals surface area contributed by atoms with Gasteiger partial charge in [0.1, 0.15) is 12.2 Å². The highest BCUT2D eigenvalue weighted by molar-refractivity contribution is 6.36. The molecule has 0 radical (unpaired) electrons. The van der Waals surface area contributed by atoms with Gasteiger partial charge in [-0.1, -0.05) is 23.2 Å². The molecule has 0 aliphatic carbocycles. The standard InChI is InChI=1S/C13H12Cl2N2O3/c1-2-17-6-8(5-16-17)7-20-12-10(13(18)19)3-9(14)4-11(12)15/h3-6H,2,7H2,1H3,(H,18,19). The molecule has 0 saturated heterocycles. The molecule has 0 saturated carbocycles. The third-order valence-electron chi connectivity index (χ3n) is 2.63. The molecule has 106 valence electrons. The molecule has 0 aliphatic heterocycles. The molecule has 0 fully saturated rings. The Labute approximate surface area is 125 Å². The number of aryl methyl sites for hydroxylation is 1. The smallest absolute Gasteiger partial charge is 0.339 e. The van der Waals surface area contributed by atoms with Crippen molar-refractivity contribution in [2.45, 2.75) is 20.1 Å². The number of carbonyl (C=O) groups is 1. The van der Waals surface area contributed by atoms with E-state index >= 15 is 0 Å². The van der Waals surface area contributed by atoms with Crippen molar-refractivity contribution in [3.05, 3.63) is 45.7 Å². The summed E-state index contributed by atoms with van der Waals surface area (Å²) in [7, 11) is 0. The number of hydrogen-bond donors (Lipinski definition) is 1. The first-order valence-electron chi connectivity index (χ1n) is 5.87. The maximum absolute atomic E-state index is 11.2. The van der Waals surface area contributed by atoms with Crippen LogP contribution in [0.25, 0.3) is 0 Å². The molecule has 1 aromatic carbocycles. The third-order valence-corrected chi connectivity index (χ3v) is 3.13. The summed E-state index contributed by atoms with van der Waals surface area (Å²) in [4.78, 5) is 11.2. The van der Waals surface area contributed by atoms with Crippen molar-refractivity contribution < 1.29 is 14.6 Å². The van der Waals surface area contributed by atoms with Gasteiger partial charge in [0, 0.05) is 23.3 Å². The molecule has 0 spiro atoms. The highest BCUT2D eigenvalue weighted by atomic mass is 35.5. The number of rotatable bonds is 5. The molecule has 2 aromatic rings. The first-order chi connectivity index (χ1) is 9.51. The third kappa shape index (κ3) is 3.23. The van der Waals surface area contributed by atoms with Gasteiger partial charge in [0.15, 0.2) is 5.75 Å². The molecule has 2 rings (SSSR count). The summed E-state index contributed by atoms with van der Waals surface area (Å²) >= 11 is 11.8. The van der Waals surface area contributed by atoms with Gasteiger partial charge in [-0.2, -0.15) is 5.10 Å². The van der Waals surface area contributed by atoms with Crippen molar-refractivity contribution in [1.29, 1.82) is 0 Å². The van der Waals surface area contributed by atoms with Gasteiger partial charge in [-0.25, -0.2) is 4.79 Å². The average molecular weight is 315 g/mol. The Balaban J connectivity index is 2.22. The van der Waals surface area contributed by atoms with Gasteiger partial charge < -0.3 is 9.84 Å². The number of benzene rings is 1. The first-order valence-corrected chi connectivity index (χ1v) is 6.63. The molecule has 0 aliphatic rings. The van der Waals surface area contributed by atoms with Crippen LogP contribution in [0.15, 0.2) is 24.5 Å². The van der Waals surface area contributed by atoms with Crippen molar-refractivity contribution in [3.63, 3.8) is 0 Å². The van der Waals surface area contributed by atoms with Crippen LogP contribution in [0.5, 0.6) is 5.75 Å². The predicted molar refractivity (Wildman–Crippen MR) is 75.7 cm³/mol. The summed E-state index contributed by atoms with van der Waals surface area (Å²) in [5, 5.41) is 13.7. The van der Waals surface area contributed by atoms with Crippen LogP contribution in [0, 0.1) is 0 Å². The SMILES string of the molecule is CCn1cc(COc2c(Cl)cc(Cl)cc2C(=O)O)cn1. The maximum Gasteiger partial charge on any atom is 0.339 e. The number of aromatic carboxylic acids is 1. The highest BCUT2D eigenvalue weighted by Crippen LogP contribution is 2.33. The van der Waals surface area contributed by atoms with E-state index in [2.05, 4.69) is 5.10 Å². The fraction of sp³-hybridized carbons (Fsp3) is 0.231. The van der Waals surface area contributed by atoms with Crippen LogP contribution in [0.2, 0.25) is 10.0 Å². The van der Waals surface area contributed by atoms with Crippen LogP contribution >= 0.6 is 23.2 Å². The first kappa shape index (κ1) is 14.7. The van der Waals surface area contributed by atoms with Crippen LogP contribution in [0.3, 0.4) is 0 Å². The molecule has 1 N–H and O–H groups in total. The molecule has 0 unspecified atom stereocenters. The molecule has 20 heavy (non-hydrogen) atoms. The molecular formula is C13H12Cl2N2O3. The summed E-state index contributed by atoms with van der Waals surface area (Å²) in [6.07, 6.45) is 3.48. The van der Waals surface area contributed by atoms with E-state index in [1.807, 2.05) is 13.1 Å². The lowest BCUT2D eigenvalue weighted by atomic mass is 10.2. The van der Waals surface area contributed by atoms with Crippen LogP contribution in [-0.4, -0.2) is 20.9 Å². The zero-order valence-electron chi connectivity index (χ0n) is 10.6. The van der Waals surface area contributed by atoms with Crippen LogP contribution in [0.1, 0.15) is 22.8 Å². The Hall–Kier alpha value is -1.72. The lowest BCUT2D eigenvalue weighted by Crippen LogP contribution is -2.04. The zero-order chi connectivity index (χ0) is 14.7. The van der Waals surface area contributed by atoms with Gasteiger partial charge in [0.25, 0.3) is 0 Å². The minimum atomic E-state index is -1.14. The van der Waals surface area contributed by atoms with Gasteiger partial charge in [-0.05, 0) is 19.1 Å². The van der Waals surface area contributed by atoms with E-state index in [-0.39, 0.29) is 28.0 Å². The van der Waals surface area contributed by atoms with Crippen molar-refractivity contribution in [2.75, 3.05) is 0 Å². The van der Waals surface area contributed by atoms with E-state index in [1.165, 1.54) is 12.1 Å². The second kappa shape index (κ2) is 6.15. The Morgan fingerprint density at radius 1 is 1.45 bits per heavy atom. The summed E-state index contributed by atoms with van der Waals surface area (Å²) in [6.45, 7) is 2.90. The summed E-state index contributed by atoms with van der Waals surface area (Å²) < 4.78 is 7.25. The van der Waals surface area contributed by atoms with E-state index in [4.69, 9.17) is 33.0 Å². The number of carboxylic acids is 1. The Bertz CT molecular complexity index is 641. The average Bonchev–Trinajstić information content (AvgIpc) is 2.84. The van der Waals surface area contributed by atoms with Crippen molar-refractivity contribution in [1.82, 2.24) is 9.78 Å². The minimum Gasteiger partial charge on any atom is -0.486 e. The van der Waals surface area contributed by atoms with Crippen molar-refractivity contribution in [3.8, 4) is 5.75 Å². The van der Waals surface area contributed by atoms with Crippen molar-refractivity contribution in [2.24, 2.45) is 0 Å². The van der Waals surface area contributed by atoms with Gasteiger partial charge in [-0.3, -0.25) is 4.68 Å². The van der Waals surface area contributed by atoms with E-state index in [0.717, 1.165) is 12.1 Å². The van der Waals surface area contributed by atoms with Gasteiger partial charge in [-0.15, -0.1) is 0 Å². The highest BCUT2D eigenvalue weighted by Gasteiger charge is 2.17. The molecule has 0 bridgehead atoms. The fourth-order valence-corrected chi connectivity index (χ4v) is 2.22. The summed E-state index contributed by atoms with van der Waals surface area (Å²) in [5.74, 6) is -1.04. The Morgan fingerprint density at radius 3 is 2.80 bits per heavy atom.